The summed E-state index contributed by atoms with van der Waals surface area (Å²) in [5, 5.41) is 4.41. The van der Waals surface area contributed by atoms with Crippen LogP contribution in [0.25, 0.3) is 0 Å². The molecule has 3 rings (SSSR count). The quantitative estimate of drug-likeness (QED) is 0.856. The van der Waals surface area contributed by atoms with Gasteiger partial charge < -0.3 is 10.1 Å². The van der Waals surface area contributed by atoms with Crippen LogP contribution in [0.3, 0.4) is 0 Å². The topological polar surface area (TPSA) is 21.3 Å². The smallest absolute Gasteiger partial charge is 0.0708 e. The van der Waals surface area contributed by atoms with E-state index >= 15 is 0 Å². The van der Waals surface area contributed by atoms with Gasteiger partial charge in [-0.05, 0) is 50.3 Å². The molecule has 1 spiro atoms. The molecule has 1 saturated carbocycles. The molecule has 0 radical (unpaired) electrons. The van der Waals surface area contributed by atoms with Crippen LogP contribution >= 0.6 is 11.6 Å². The van der Waals surface area contributed by atoms with Crippen molar-refractivity contribution in [3.8, 4) is 0 Å². The number of hydrogen-bond acceptors (Lipinski definition) is 2. The van der Waals surface area contributed by atoms with Gasteiger partial charge >= 0.3 is 0 Å². The van der Waals surface area contributed by atoms with Gasteiger partial charge in [0, 0.05) is 17.6 Å². The van der Waals surface area contributed by atoms with Crippen molar-refractivity contribution < 1.29 is 4.74 Å². The predicted octanol–water partition coefficient (Wildman–Crippen LogP) is 4.87. The zero-order valence-corrected chi connectivity index (χ0v) is 13.7. The van der Waals surface area contributed by atoms with Crippen molar-refractivity contribution in [1.82, 2.24) is 5.32 Å². The highest BCUT2D eigenvalue weighted by Crippen LogP contribution is 2.41. The average Bonchev–Trinajstić information content (AvgIpc) is 2.88. The Morgan fingerprint density at radius 1 is 1.29 bits per heavy atom. The second kappa shape index (κ2) is 6.68. The van der Waals surface area contributed by atoms with E-state index in [1.807, 2.05) is 18.2 Å². The van der Waals surface area contributed by atoms with Crippen LogP contribution in [0.15, 0.2) is 24.3 Å². The number of ether oxygens (including phenoxy) is 1. The monoisotopic (exact) mass is 307 g/mol. The number of hydrogen-bond donors (Lipinski definition) is 1. The Balaban J connectivity index is 1.49. The maximum absolute atomic E-state index is 6.41. The lowest BCUT2D eigenvalue weighted by atomic mass is 9.83. The van der Waals surface area contributed by atoms with Crippen molar-refractivity contribution in [1.29, 1.82) is 0 Å². The zero-order valence-electron chi connectivity index (χ0n) is 12.9. The van der Waals surface area contributed by atoms with Gasteiger partial charge in [0.25, 0.3) is 0 Å². The summed E-state index contributed by atoms with van der Waals surface area (Å²) in [4.78, 5) is 0. The van der Waals surface area contributed by atoms with Crippen LogP contribution in [0.5, 0.6) is 0 Å². The summed E-state index contributed by atoms with van der Waals surface area (Å²) in [5.74, 6) is 0. The lowest BCUT2D eigenvalue weighted by molar-refractivity contribution is -0.0628. The summed E-state index contributed by atoms with van der Waals surface area (Å²) in [6.07, 6.45) is 9.46. The number of halogens is 1. The molecule has 0 amide bonds. The third-order valence-corrected chi connectivity index (χ3v) is 5.34. The fourth-order valence-electron chi connectivity index (χ4n) is 3.81. The number of rotatable bonds is 4. The van der Waals surface area contributed by atoms with E-state index in [1.165, 1.54) is 50.5 Å². The average molecular weight is 308 g/mol. The second-order valence-electron chi connectivity index (χ2n) is 6.71. The molecule has 1 unspecified atom stereocenters. The highest BCUT2D eigenvalue weighted by Gasteiger charge is 2.40. The molecule has 2 nitrogen and oxygen atoms in total. The van der Waals surface area contributed by atoms with Gasteiger partial charge in [-0.15, -0.1) is 0 Å². The van der Waals surface area contributed by atoms with E-state index in [-0.39, 0.29) is 5.60 Å². The van der Waals surface area contributed by atoms with Crippen molar-refractivity contribution in [2.24, 2.45) is 0 Å². The fraction of sp³-hybridized carbons (Fsp3) is 0.667. The SMILES string of the molecule is C[C@@H](NCC1CCC2(CCCCC2)O1)c1cccc(Cl)c1. The summed E-state index contributed by atoms with van der Waals surface area (Å²) < 4.78 is 6.41. The maximum atomic E-state index is 6.41. The van der Waals surface area contributed by atoms with E-state index < -0.39 is 0 Å². The largest absolute Gasteiger partial charge is 0.370 e. The molecule has 1 saturated heterocycles. The Labute approximate surface area is 133 Å². The van der Waals surface area contributed by atoms with E-state index in [4.69, 9.17) is 16.3 Å². The molecule has 1 aliphatic carbocycles. The minimum Gasteiger partial charge on any atom is -0.370 e. The molecule has 1 N–H and O–H groups in total. The Bertz CT molecular complexity index is 470. The molecule has 2 fully saturated rings. The standard InChI is InChI=1S/C18H26ClNO/c1-14(15-6-5-7-16(19)12-15)20-13-17-8-11-18(21-17)9-3-2-4-10-18/h5-7,12,14,17,20H,2-4,8-11,13H2,1H3/t14-,17?/m1/s1. The molecule has 1 aromatic carbocycles. The van der Waals surface area contributed by atoms with Gasteiger partial charge in [-0.2, -0.15) is 0 Å². The zero-order chi connectivity index (χ0) is 14.7. The van der Waals surface area contributed by atoms with Gasteiger partial charge in [0.15, 0.2) is 0 Å². The number of benzene rings is 1. The third kappa shape index (κ3) is 3.80. The van der Waals surface area contributed by atoms with Crippen LogP contribution in [0.2, 0.25) is 5.02 Å². The van der Waals surface area contributed by atoms with Crippen molar-refractivity contribution in [2.45, 2.75) is 69.6 Å². The van der Waals surface area contributed by atoms with Gasteiger partial charge in [0.1, 0.15) is 0 Å². The molecular weight excluding hydrogens is 282 g/mol. The molecule has 116 valence electrons. The summed E-state index contributed by atoms with van der Waals surface area (Å²) in [6, 6.07) is 8.41. The highest BCUT2D eigenvalue weighted by atomic mass is 35.5. The van der Waals surface area contributed by atoms with E-state index in [0.717, 1.165) is 11.6 Å². The van der Waals surface area contributed by atoms with E-state index in [9.17, 15) is 0 Å². The normalized spacial score (nSPS) is 26.1. The molecule has 1 aromatic rings. The first-order chi connectivity index (χ1) is 10.2. The van der Waals surface area contributed by atoms with Crippen molar-refractivity contribution in [3.05, 3.63) is 34.9 Å². The lowest BCUT2D eigenvalue weighted by Crippen LogP contribution is -2.35. The molecule has 2 atom stereocenters. The molecule has 3 heteroatoms. The summed E-state index contributed by atoms with van der Waals surface area (Å²) >= 11 is 6.06. The van der Waals surface area contributed by atoms with Crippen LogP contribution < -0.4 is 5.32 Å². The van der Waals surface area contributed by atoms with E-state index in [2.05, 4.69) is 18.3 Å². The maximum Gasteiger partial charge on any atom is 0.0708 e. The van der Waals surface area contributed by atoms with Crippen LogP contribution in [-0.4, -0.2) is 18.2 Å². The molecule has 1 aliphatic heterocycles. The van der Waals surface area contributed by atoms with Crippen molar-refractivity contribution in [3.63, 3.8) is 0 Å². The third-order valence-electron chi connectivity index (χ3n) is 5.10. The van der Waals surface area contributed by atoms with Gasteiger partial charge in [-0.25, -0.2) is 0 Å². The van der Waals surface area contributed by atoms with E-state index in [1.54, 1.807) is 0 Å². The van der Waals surface area contributed by atoms with E-state index in [0.29, 0.717) is 12.1 Å². The van der Waals surface area contributed by atoms with Crippen LogP contribution in [-0.2, 0) is 4.74 Å². The van der Waals surface area contributed by atoms with Crippen LogP contribution in [0, 0.1) is 0 Å². The molecule has 0 bridgehead atoms. The molecular formula is C18H26ClNO. The minimum absolute atomic E-state index is 0.226. The Morgan fingerprint density at radius 2 is 2.10 bits per heavy atom. The molecule has 21 heavy (non-hydrogen) atoms. The Hall–Kier alpha value is -0.570. The summed E-state index contributed by atoms with van der Waals surface area (Å²) in [5.41, 5.74) is 1.47. The Morgan fingerprint density at radius 3 is 2.86 bits per heavy atom. The second-order valence-corrected chi connectivity index (χ2v) is 7.14. The molecule has 2 aliphatic rings. The minimum atomic E-state index is 0.226. The fourth-order valence-corrected chi connectivity index (χ4v) is 4.00. The Kier molecular flexibility index (Phi) is 4.88. The van der Waals surface area contributed by atoms with Gasteiger partial charge in [-0.1, -0.05) is 43.0 Å². The summed E-state index contributed by atoms with van der Waals surface area (Å²) in [6.45, 7) is 3.13. The lowest BCUT2D eigenvalue weighted by Gasteiger charge is -2.33. The summed E-state index contributed by atoms with van der Waals surface area (Å²) in [7, 11) is 0. The van der Waals surface area contributed by atoms with Gasteiger partial charge in [-0.3, -0.25) is 0 Å². The van der Waals surface area contributed by atoms with Gasteiger partial charge in [0.2, 0.25) is 0 Å². The first-order valence-corrected chi connectivity index (χ1v) is 8.71. The molecule has 0 aromatic heterocycles. The van der Waals surface area contributed by atoms with Crippen LogP contribution in [0.4, 0.5) is 0 Å². The first-order valence-electron chi connectivity index (χ1n) is 8.34. The van der Waals surface area contributed by atoms with Crippen molar-refractivity contribution >= 4 is 11.6 Å². The van der Waals surface area contributed by atoms with Gasteiger partial charge in [0.05, 0.1) is 11.7 Å². The highest BCUT2D eigenvalue weighted by molar-refractivity contribution is 6.30. The van der Waals surface area contributed by atoms with Crippen molar-refractivity contribution in [2.75, 3.05) is 6.54 Å². The number of nitrogens with one attached hydrogen (secondary N) is 1. The predicted molar refractivity (Wildman–Crippen MR) is 87.8 cm³/mol. The molecule has 1 heterocycles. The van der Waals surface area contributed by atoms with Crippen LogP contribution in [0.1, 0.15) is 63.5 Å². The first kappa shape index (κ1) is 15.3.